The molecule has 1 aromatic heterocycles. The maximum atomic E-state index is 11.9. The van der Waals surface area contributed by atoms with Gasteiger partial charge in [0.15, 0.2) is 0 Å². The number of nitrogens with one attached hydrogen (secondary N) is 2. The van der Waals surface area contributed by atoms with Gasteiger partial charge in [-0.2, -0.15) is 0 Å². The van der Waals surface area contributed by atoms with E-state index >= 15 is 0 Å². The first-order valence-electron chi connectivity index (χ1n) is 6.59. The maximum Gasteiger partial charge on any atom is 0.337 e. The summed E-state index contributed by atoms with van der Waals surface area (Å²) in [6.45, 7) is 6.04. The Morgan fingerprint density at radius 1 is 1.24 bits per heavy atom. The number of pyridine rings is 1. The fourth-order valence-electron chi connectivity index (χ4n) is 1.45. The normalized spacial score (nSPS) is 11.8. The van der Waals surface area contributed by atoms with Crippen LogP contribution >= 0.6 is 0 Å². The van der Waals surface area contributed by atoms with Crippen LogP contribution in [0.3, 0.4) is 0 Å². The van der Waals surface area contributed by atoms with Gasteiger partial charge in [-0.15, -0.1) is 0 Å². The molecule has 1 heterocycles. The van der Waals surface area contributed by atoms with Gasteiger partial charge in [-0.1, -0.05) is 13.8 Å². The molecule has 21 heavy (non-hydrogen) atoms. The van der Waals surface area contributed by atoms with Gasteiger partial charge in [0, 0.05) is 12.7 Å². The van der Waals surface area contributed by atoms with Crippen molar-refractivity contribution >= 4 is 17.8 Å². The van der Waals surface area contributed by atoms with Crippen LogP contribution in [0.5, 0.6) is 0 Å². The second-order valence-electron chi connectivity index (χ2n) is 5.07. The molecular formula is C14H19N3O4. The highest BCUT2D eigenvalue weighted by atomic mass is 16.4. The van der Waals surface area contributed by atoms with E-state index in [9.17, 15) is 14.4 Å². The number of carbonyl (C=O) groups is 3. The van der Waals surface area contributed by atoms with E-state index in [2.05, 4.69) is 15.6 Å². The molecule has 1 unspecified atom stereocenters. The lowest BCUT2D eigenvalue weighted by Crippen LogP contribution is -2.45. The van der Waals surface area contributed by atoms with Gasteiger partial charge in [0.1, 0.15) is 11.7 Å². The fourth-order valence-corrected chi connectivity index (χ4v) is 1.45. The zero-order valence-electron chi connectivity index (χ0n) is 12.2. The van der Waals surface area contributed by atoms with Gasteiger partial charge in [0.2, 0.25) is 5.91 Å². The SMILES string of the molecule is CC(C)CNC(=O)C(C)NC(=O)c1ccc(C(=O)O)cn1. The molecule has 0 saturated carbocycles. The molecule has 0 aliphatic rings. The number of amides is 2. The maximum absolute atomic E-state index is 11.9. The van der Waals surface area contributed by atoms with E-state index in [-0.39, 0.29) is 17.2 Å². The van der Waals surface area contributed by atoms with Crippen molar-refractivity contribution in [3.8, 4) is 0 Å². The average Bonchev–Trinajstić information content (AvgIpc) is 2.44. The largest absolute Gasteiger partial charge is 0.478 e. The van der Waals surface area contributed by atoms with Crippen LogP contribution in [-0.2, 0) is 4.79 Å². The van der Waals surface area contributed by atoms with E-state index in [1.165, 1.54) is 12.1 Å². The van der Waals surface area contributed by atoms with Crippen LogP contribution in [0.2, 0.25) is 0 Å². The monoisotopic (exact) mass is 293 g/mol. The third-order valence-corrected chi connectivity index (χ3v) is 2.67. The number of carboxylic acid groups (broad SMARTS) is 1. The van der Waals surface area contributed by atoms with Crippen molar-refractivity contribution in [2.75, 3.05) is 6.54 Å². The summed E-state index contributed by atoms with van der Waals surface area (Å²) in [6.07, 6.45) is 1.10. The van der Waals surface area contributed by atoms with Crippen molar-refractivity contribution < 1.29 is 19.5 Å². The van der Waals surface area contributed by atoms with Crippen LogP contribution in [0, 0.1) is 5.92 Å². The predicted octanol–water partition coefficient (Wildman–Crippen LogP) is 0.670. The third-order valence-electron chi connectivity index (χ3n) is 2.67. The molecular weight excluding hydrogens is 274 g/mol. The van der Waals surface area contributed by atoms with Crippen molar-refractivity contribution in [1.29, 1.82) is 0 Å². The molecule has 7 nitrogen and oxygen atoms in total. The fraction of sp³-hybridized carbons (Fsp3) is 0.429. The number of rotatable bonds is 6. The number of aromatic carboxylic acids is 1. The first-order chi connectivity index (χ1) is 9.81. The van der Waals surface area contributed by atoms with Gasteiger partial charge >= 0.3 is 5.97 Å². The summed E-state index contributed by atoms with van der Waals surface area (Å²) in [5.41, 5.74) is 0.0535. The molecule has 1 rings (SSSR count). The van der Waals surface area contributed by atoms with Crippen LogP contribution < -0.4 is 10.6 Å². The summed E-state index contributed by atoms with van der Waals surface area (Å²) in [5, 5.41) is 14.0. The molecule has 114 valence electrons. The molecule has 1 aromatic rings. The quantitative estimate of drug-likeness (QED) is 0.714. The zero-order valence-corrected chi connectivity index (χ0v) is 12.2. The first-order valence-corrected chi connectivity index (χ1v) is 6.59. The van der Waals surface area contributed by atoms with Gasteiger partial charge in [0.05, 0.1) is 5.56 Å². The van der Waals surface area contributed by atoms with Crippen LogP contribution in [0.15, 0.2) is 18.3 Å². The minimum absolute atomic E-state index is 0.00530. The highest BCUT2D eigenvalue weighted by Gasteiger charge is 2.17. The highest BCUT2D eigenvalue weighted by Crippen LogP contribution is 2.01. The van der Waals surface area contributed by atoms with Crippen molar-refractivity contribution in [3.63, 3.8) is 0 Å². The molecule has 3 N–H and O–H groups in total. The highest BCUT2D eigenvalue weighted by molar-refractivity contribution is 5.96. The Kier molecular flexibility index (Phi) is 5.83. The summed E-state index contributed by atoms with van der Waals surface area (Å²) >= 11 is 0. The molecule has 1 atom stereocenters. The molecule has 0 saturated heterocycles. The summed E-state index contributed by atoms with van der Waals surface area (Å²) in [4.78, 5) is 38.1. The number of aromatic nitrogens is 1. The van der Waals surface area contributed by atoms with E-state index in [0.29, 0.717) is 12.5 Å². The molecule has 0 radical (unpaired) electrons. The second kappa shape index (κ2) is 7.37. The zero-order chi connectivity index (χ0) is 16.0. The number of nitrogens with zero attached hydrogens (tertiary/aromatic N) is 1. The van der Waals surface area contributed by atoms with Crippen LogP contribution in [-0.4, -0.2) is 40.5 Å². The Hall–Kier alpha value is -2.44. The number of carboxylic acids is 1. The Labute approximate surface area is 122 Å². The van der Waals surface area contributed by atoms with Gasteiger partial charge in [-0.25, -0.2) is 4.79 Å². The van der Waals surface area contributed by atoms with Crippen LogP contribution in [0.1, 0.15) is 41.6 Å². The lowest BCUT2D eigenvalue weighted by Gasteiger charge is -2.15. The first kappa shape index (κ1) is 16.6. The van der Waals surface area contributed by atoms with Gasteiger partial charge in [-0.3, -0.25) is 14.6 Å². The summed E-state index contributed by atoms with van der Waals surface area (Å²) in [6, 6.07) is 1.89. The van der Waals surface area contributed by atoms with Gasteiger partial charge in [-0.05, 0) is 25.0 Å². The van der Waals surface area contributed by atoms with E-state index in [1.807, 2.05) is 13.8 Å². The third kappa shape index (κ3) is 5.21. The number of hydrogen-bond donors (Lipinski definition) is 3. The Morgan fingerprint density at radius 3 is 2.38 bits per heavy atom. The minimum atomic E-state index is -1.11. The average molecular weight is 293 g/mol. The van der Waals surface area contributed by atoms with E-state index < -0.39 is 17.9 Å². The Bertz CT molecular complexity index is 526. The summed E-state index contributed by atoms with van der Waals surface area (Å²) in [7, 11) is 0. The van der Waals surface area contributed by atoms with Gasteiger partial charge < -0.3 is 15.7 Å². The smallest absolute Gasteiger partial charge is 0.337 e. The molecule has 0 bridgehead atoms. The van der Waals surface area contributed by atoms with Crippen molar-refractivity contribution in [3.05, 3.63) is 29.6 Å². The molecule has 0 fully saturated rings. The molecule has 2 amide bonds. The van der Waals surface area contributed by atoms with Crippen LogP contribution in [0.25, 0.3) is 0 Å². The van der Waals surface area contributed by atoms with E-state index in [1.54, 1.807) is 6.92 Å². The lowest BCUT2D eigenvalue weighted by molar-refractivity contribution is -0.122. The van der Waals surface area contributed by atoms with Crippen molar-refractivity contribution in [2.45, 2.75) is 26.8 Å². The molecule has 7 heteroatoms. The molecule has 0 aliphatic carbocycles. The van der Waals surface area contributed by atoms with Gasteiger partial charge in [0.25, 0.3) is 5.91 Å². The van der Waals surface area contributed by atoms with Crippen molar-refractivity contribution in [2.24, 2.45) is 5.92 Å². The molecule has 0 spiro atoms. The Morgan fingerprint density at radius 2 is 1.90 bits per heavy atom. The predicted molar refractivity (Wildman–Crippen MR) is 76.0 cm³/mol. The number of carbonyl (C=O) groups excluding carboxylic acids is 2. The van der Waals surface area contributed by atoms with Crippen LogP contribution in [0.4, 0.5) is 0 Å². The number of hydrogen-bond acceptors (Lipinski definition) is 4. The molecule has 0 aliphatic heterocycles. The standard InChI is InChI=1S/C14H19N3O4/c1-8(2)6-16-12(18)9(3)17-13(19)11-5-4-10(7-15-11)14(20)21/h4-5,7-9H,6H2,1-3H3,(H,16,18)(H,17,19)(H,20,21). The topological polar surface area (TPSA) is 108 Å². The summed E-state index contributed by atoms with van der Waals surface area (Å²) < 4.78 is 0. The van der Waals surface area contributed by atoms with Crippen molar-refractivity contribution in [1.82, 2.24) is 15.6 Å². The second-order valence-corrected chi connectivity index (χ2v) is 5.07. The van der Waals surface area contributed by atoms with E-state index in [4.69, 9.17) is 5.11 Å². The van der Waals surface area contributed by atoms with E-state index in [0.717, 1.165) is 6.20 Å². The summed E-state index contributed by atoms with van der Waals surface area (Å²) in [5.74, 6) is -1.60. The lowest BCUT2D eigenvalue weighted by atomic mass is 10.2. The Balaban J connectivity index is 2.59. The minimum Gasteiger partial charge on any atom is -0.478 e. The molecule has 0 aromatic carbocycles.